The third-order valence-electron chi connectivity index (χ3n) is 5.50. The van der Waals surface area contributed by atoms with E-state index in [2.05, 4.69) is 91.0 Å². The van der Waals surface area contributed by atoms with Crippen molar-refractivity contribution >= 4 is 32.0 Å². The molecule has 3 aromatic rings. The second-order valence-electron chi connectivity index (χ2n) is 6.94. The molecule has 0 aliphatic carbocycles. The maximum atomic E-state index is 5.67. The molecule has 0 saturated carbocycles. The van der Waals surface area contributed by atoms with E-state index in [4.69, 9.17) is 13.3 Å². The maximum absolute atomic E-state index is 5.67. The first-order chi connectivity index (χ1) is 14.2. The third kappa shape index (κ3) is 5.39. The zero-order chi connectivity index (χ0) is 20.6. The molecule has 0 saturated heterocycles. The first-order valence-electron chi connectivity index (χ1n) is 9.91. The van der Waals surface area contributed by atoms with Crippen LogP contribution in [-0.4, -0.2) is 36.3 Å². The molecule has 0 fully saturated rings. The fourth-order valence-electron chi connectivity index (χ4n) is 3.97. The Morgan fingerprint density at radius 3 is 1.23 bits per heavy atom. The first kappa shape index (κ1) is 25.2. The topological polar surface area (TPSA) is 27.7 Å². The molecule has 0 atom stereocenters. The Kier molecular flexibility index (Phi) is 10.1. The van der Waals surface area contributed by atoms with Crippen LogP contribution in [-0.2, 0) is 13.3 Å². The van der Waals surface area contributed by atoms with Crippen LogP contribution in [0.5, 0.6) is 0 Å². The molecule has 0 amide bonds. The summed E-state index contributed by atoms with van der Waals surface area (Å²) in [7, 11) is 0.646. The average Bonchev–Trinajstić information content (AvgIpc) is 2.82. The summed E-state index contributed by atoms with van der Waals surface area (Å²) in [6, 6.07) is 33.6. The lowest BCUT2D eigenvalue weighted by Crippen LogP contribution is -3.00. The molecule has 3 aromatic carbocycles. The van der Waals surface area contributed by atoms with Crippen LogP contribution in [0.1, 0.15) is 6.42 Å². The fourth-order valence-corrected chi connectivity index (χ4v) is 10.3. The Morgan fingerprint density at radius 2 is 0.933 bits per heavy atom. The predicted octanol–water partition coefficient (Wildman–Crippen LogP) is 1.25. The largest absolute Gasteiger partial charge is 1.00 e. The summed E-state index contributed by atoms with van der Waals surface area (Å²) in [4.78, 5) is 0. The fraction of sp³-hybridized carbons (Fsp3) is 0.250. The van der Waals surface area contributed by atoms with Crippen molar-refractivity contribution in [1.82, 2.24) is 0 Å². The van der Waals surface area contributed by atoms with Crippen molar-refractivity contribution in [2.75, 3.05) is 27.5 Å². The monoisotopic (exact) mass is 552 g/mol. The van der Waals surface area contributed by atoms with Crippen molar-refractivity contribution in [2.45, 2.75) is 12.5 Å². The minimum absolute atomic E-state index is 0. The first-order valence-corrected chi connectivity index (χ1v) is 13.8. The van der Waals surface area contributed by atoms with Gasteiger partial charge >= 0.3 is 8.80 Å². The van der Waals surface area contributed by atoms with E-state index in [1.165, 1.54) is 15.9 Å². The summed E-state index contributed by atoms with van der Waals surface area (Å²) in [6.07, 6.45) is 2.00. The highest BCUT2D eigenvalue weighted by atomic mass is 127. The van der Waals surface area contributed by atoms with Gasteiger partial charge in [-0.25, -0.2) is 0 Å². The van der Waals surface area contributed by atoms with E-state index < -0.39 is 16.1 Å². The van der Waals surface area contributed by atoms with E-state index in [0.717, 1.165) is 18.6 Å². The van der Waals surface area contributed by atoms with Crippen LogP contribution < -0.4 is 39.9 Å². The number of benzene rings is 3. The van der Waals surface area contributed by atoms with Gasteiger partial charge in [-0.1, -0.05) is 54.6 Å². The molecule has 0 heterocycles. The molecule has 0 aromatic heterocycles. The molecule has 30 heavy (non-hydrogen) atoms. The van der Waals surface area contributed by atoms with E-state index in [1.54, 1.807) is 21.3 Å². The number of hydrogen-bond donors (Lipinski definition) is 0. The summed E-state index contributed by atoms with van der Waals surface area (Å²) in [6.45, 7) is 0. The van der Waals surface area contributed by atoms with Gasteiger partial charge < -0.3 is 37.3 Å². The van der Waals surface area contributed by atoms with Gasteiger partial charge in [-0.15, -0.1) is 0 Å². The lowest BCUT2D eigenvalue weighted by Gasteiger charge is -2.29. The Labute approximate surface area is 199 Å². The van der Waals surface area contributed by atoms with E-state index in [-0.39, 0.29) is 24.0 Å². The van der Waals surface area contributed by atoms with Gasteiger partial charge in [0.1, 0.15) is 23.2 Å². The summed E-state index contributed by atoms with van der Waals surface area (Å²) in [5.74, 6) is 0. The molecule has 0 aliphatic heterocycles. The summed E-state index contributed by atoms with van der Waals surface area (Å²) < 4.78 is 17.0. The van der Waals surface area contributed by atoms with E-state index in [1.807, 2.05) is 0 Å². The standard InChI is InChI=1S/C24H30O3PSi.HI/c1-25-29(26-2,27-3)21-13-20-28(22-14-7-4-8-15-22,23-16-9-5-10-17-23)24-18-11-6-12-19-24;/h4-12,14-19H,13,20-21H2,1-3H3;1H/q+1;/p-1. The quantitative estimate of drug-likeness (QED) is 0.216. The lowest BCUT2D eigenvalue weighted by molar-refractivity contribution is -0.0000103. The zero-order valence-corrected chi connectivity index (χ0v) is 21.9. The Balaban J connectivity index is 0.00000320. The minimum Gasteiger partial charge on any atom is -1.00 e. The van der Waals surface area contributed by atoms with E-state index >= 15 is 0 Å². The molecule has 0 radical (unpaired) electrons. The van der Waals surface area contributed by atoms with Crippen LogP contribution in [0.4, 0.5) is 0 Å². The molecule has 160 valence electrons. The maximum Gasteiger partial charge on any atom is 0.500 e. The van der Waals surface area contributed by atoms with Gasteiger partial charge in [0.25, 0.3) is 0 Å². The average molecular weight is 552 g/mol. The second-order valence-corrected chi connectivity index (χ2v) is 13.6. The Bertz CT molecular complexity index is 756. The van der Waals surface area contributed by atoms with Crippen molar-refractivity contribution in [1.29, 1.82) is 0 Å². The van der Waals surface area contributed by atoms with Crippen LogP contribution in [0.2, 0.25) is 6.04 Å². The normalized spacial score (nSPS) is 11.7. The van der Waals surface area contributed by atoms with Crippen LogP contribution in [0, 0.1) is 0 Å². The van der Waals surface area contributed by atoms with E-state index in [0.29, 0.717) is 0 Å². The van der Waals surface area contributed by atoms with Crippen molar-refractivity contribution in [2.24, 2.45) is 0 Å². The molecule has 0 bridgehead atoms. The van der Waals surface area contributed by atoms with Crippen molar-refractivity contribution in [3.05, 3.63) is 91.0 Å². The van der Waals surface area contributed by atoms with Crippen LogP contribution in [0.3, 0.4) is 0 Å². The molecule has 0 N–H and O–H groups in total. The van der Waals surface area contributed by atoms with Gasteiger partial charge in [0.15, 0.2) is 0 Å². The minimum atomic E-state index is -2.60. The molecular formula is C24H30IO3PSi. The lowest BCUT2D eigenvalue weighted by atomic mass is 10.4. The smallest absolute Gasteiger partial charge is 0.500 e. The van der Waals surface area contributed by atoms with Gasteiger partial charge in [-0.3, -0.25) is 0 Å². The molecule has 3 rings (SSSR count). The third-order valence-corrected chi connectivity index (χ3v) is 12.9. The molecular weight excluding hydrogens is 522 g/mol. The van der Waals surface area contributed by atoms with Gasteiger partial charge in [-0.2, -0.15) is 0 Å². The second kappa shape index (κ2) is 12.1. The summed E-state index contributed by atoms with van der Waals surface area (Å²) in [5, 5.41) is 4.20. The summed E-state index contributed by atoms with van der Waals surface area (Å²) in [5.41, 5.74) is 0. The summed E-state index contributed by atoms with van der Waals surface area (Å²) >= 11 is 0. The number of halogens is 1. The Hall–Kier alpha value is -1.08. The molecule has 6 heteroatoms. The van der Waals surface area contributed by atoms with Crippen molar-refractivity contribution in [3.63, 3.8) is 0 Å². The van der Waals surface area contributed by atoms with Crippen LogP contribution in [0.15, 0.2) is 91.0 Å². The van der Waals surface area contributed by atoms with Crippen LogP contribution >= 0.6 is 7.26 Å². The molecule has 0 aliphatic rings. The van der Waals surface area contributed by atoms with Gasteiger partial charge in [0.05, 0.1) is 6.16 Å². The van der Waals surface area contributed by atoms with Gasteiger partial charge in [0.2, 0.25) is 0 Å². The van der Waals surface area contributed by atoms with Gasteiger partial charge in [0, 0.05) is 27.4 Å². The highest BCUT2D eigenvalue weighted by molar-refractivity contribution is 7.95. The number of hydrogen-bond acceptors (Lipinski definition) is 3. The van der Waals surface area contributed by atoms with Crippen molar-refractivity contribution in [3.8, 4) is 0 Å². The van der Waals surface area contributed by atoms with E-state index in [9.17, 15) is 0 Å². The molecule has 0 unspecified atom stereocenters. The van der Waals surface area contributed by atoms with Crippen LogP contribution in [0.25, 0.3) is 0 Å². The molecule has 0 spiro atoms. The highest BCUT2D eigenvalue weighted by Gasteiger charge is 2.46. The molecule has 3 nitrogen and oxygen atoms in total. The zero-order valence-electron chi connectivity index (χ0n) is 17.8. The number of rotatable bonds is 10. The predicted molar refractivity (Wildman–Crippen MR) is 126 cm³/mol. The SMILES string of the molecule is CO[Si](CCC[P+](c1ccccc1)(c1ccccc1)c1ccccc1)(OC)OC.[I-]. The highest BCUT2D eigenvalue weighted by Crippen LogP contribution is 2.56. The van der Waals surface area contributed by atoms with Gasteiger partial charge in [-0.05, 0) is 42.8 Å². The Morgan fingerprint density at radius 1 is 0.600 bits per heavy atom. The van der Waals surface area contributed by atoms with Crippen molar-refractivity contribution < 1.29 is 37.3 Å².